The number of nitrogens with one attached hydrogen (secondary N) is 2. The molecule has 9 nitrogen and oxygen atoms in total. The number of aromatic nitrogens is 3. The van der Waals surface area contributed by atoms with Crippen LogP contribution in [0.1, 0.15) is 0 Å². The molecule has 0 spiro atoms. The Morgan fingerprint density at radius 3 is 2.62 bits per heavy atom. The molecule has 0 aliphatic heterocycles. The lowest BCUT2D eigenvalue weighted by Crippen LogP contribution is -2.29. The van der Waals surface area contributed by atoms with Crippen LogP contribution in [0.15, 0.2) is 80.2 Å². The van der Waals surface area contributed by atoms with Gasteiger partial charge in [0.2, 0.25) is 11.9 Å². The van der Waals surface area contributed by atoms with Crippen LogP contribution in [0.25, 0.3) is 22.2 Å². The number of hydrogen-bond acceptors (Lipinski definition) is 7. The summed E-state index contributed by atoms with van der Waals surface area (Å²) in [5.74, 6) is 0.693. The van der Waals surface area contributed by atoms with Gasteiger partial charge in [-0.25, -0.2) is 9.97 Å². The van der Waals surface area contributed by atoms with Crippen LogP contribution in [0.4, 0.5) is 23.0 Å². The molecule has 2 heterocycles. The quantitative estimate of drug-likeness (QED) is 0.195. The number of para-hydroxylation sites is 1. The van der Waals surface area contributed by atoms with Crippen molar-refractivity contribution in [1.82, 2.24) is 19.4 Å². The number of nitrogens with zero attached hydrogens (tertiary/aromatic N) is 5. The number of likely N-dealkylation sites (N-methyl/N-ethyl adjacent to an activating group) is 2. The van der Waals surface area contributed by atoms with Gasteiger partial charge in [-0.2, -0.15) is 0 Å². The first-order valence-corrected chi connectivity index (χ1v) is 12.6. The second-order valence-corrected chi connectivity index (χ2v) is 9.38. The minimum Gasteiger partial charge on any atom is -0.494 e. The van der Waals surface area contributed by atoms with Crippen molar-refractivity contribution in [3.05, 3.63) is 80.2 Å². The zero-order valence-electron chi connectivity index (χ0n) is 22.9. The molecule has 1 amide bonds. The molecule has 0 bridgehead atoms. The van der Waals surface area contributed by atoms with Gasteiger partial charge in [-0.05, 0) is 38.4 Å². The Bertz CT molecular complexity index is 1490. The van der Waals surface area contributed by atoms with Gasteiger partial charge in [0, 0.05) is 61.6 Å². The normalized spacial score (nSPS) is 10.9. The van der Waals surface area contributed by atoms with Crippen molar-refractivity contribution in [1.29, 1.82) is 0 Å². The number of carbonyl (C=O) groups excluding carboxylic acids is 1. The molecular formula is C30H35N7O2. The van der Waals surface area contributed by atoms with Crippen molar-refractivity contribution in [2.75, 3.05) is 56.9 Å². The van der Waals surface area contributed by atoms with E-state index in [4.69, 9.17) is 9.72 Å². The van der Waals surface area contributed by atoms with Gasteiger partial charge >= 0.3 is 0 Å². The van der Waals surface area contributed by atoms with Gasteiger partial charge in [0.25, 0.3) is 0 Å². The van der Waals surface area contributed by atoms with Gasteiger partial charge in [0.15, 0.2) is 0 Å². The highest BCUT2D eigenvalue weighted by molar-refractivity contribution is 6.02. The third-order valence-electron chi connectivity index (χ3n) is 6.35. The molecule has 0 saturated heterocycles. The fourth-order valence-corrected chi connectivity index (χ4v) is 4.34. The second kappa shape index (κ2) is 12.3. The molecule has 0 unspecified atom stereocenters. The van der Waals surface area contributed by atoms with Crippen LogP contribution in [-0.4, -0.2) is 66.7 Å². The molecule has 0 saturated carbocycles. The lowest BCUT2D eigenvalue weighted by molar-refractivity contribution is -0.111. The Morgan fingerprint density at radius 2 is 1.90 bits per heavy atom. The smallest absolute Gasteiger partial charge is 0.247 e. The van der Waals surface area contributed by atoms with Crippen molar-refractivity contribution >= 4 is 39.8 Å². The van der Waals surface area contributed by atoms with Crippen LogP contribution in [-0.2, 0) is 11.3 Å². The fraction of sp³-hybridized carbons (Fsp3) is 0.233. The molecule has 0 aliphatic carbocycles. The summed E-state index contributed by atoms with van der Waals surface area (Å²) >= 11 is 0. The number of hydrogen-bond donors (Lipinski definition) is 2. The van der Waals surface area contributed by atoms with E-state index in [0.29, 0.717) is 29.6 Å². The van der Waals surface area contributed by atoms with Crippen LogP contribution in [0.5, 0.6) is 5.75 Å². The Labute approximate surface area is 229 Å². The fourth-order valence-electron chi connectivity index (χ4n) is 4.34. The molecule has 9 heteroatoms. The summed E-state index contributed by atoms with van der Waals surface area (Å²) in [4.78, 5) is 25.7. The summed E-state index contributed by atoms with van der Waals surface area (Å²) in [5, 5.41) is 7.30. The van der Waals surface area contributed by atoms with E-state index in [1.54, 1.807) is 13.3 Å². The number of benzene rings is 2. The summed E-state index contributed by atoms with van der Waals surface area (Å²) in [6.07, 6.45) is 6.93. The second-order valence-electron chi connectivity index (χ2n) is 9.38. The van der Waals surface area contributed by atoms with Crippen LogP contribution in [0, 0.1) is 0 Å². The van der Waals surface area contributed by atoms with Crippen molar-refractivity contribution in [3.63, 3.8) is 0 Å². The lowest BCUT2D eigenvalue weighted by atomic mass is 10.1. The van der Waals surface area contributed by atoms with Crippen LogP contribution >= 0.6 is 0 Å². The highest BCUT2D eigenvalue weighted by atomic mass is 16.5. The number of anilines is 4. The number of amides is 1. The third kappa shape index (κ3) is 6.27. The first kappa shape index (κ1) is 27.4. The number of allylic oxidation sites excluding steroid dienone is 1. The minimum atomic E-state index is -0.303. The molecule has 0 radical (unpaired) electrons. The molecule has 202 valence electrons. The Kier molecular flexibility index (Phi) is 8.63. The predicted octanol–water partition coefficient (Wildman–Crippen LogP) is 5.16. The molecule has 2 N–H and O–H groups in total. The van der Waals surface area contributed by atoms with Gasteiger partial charge in [-0.3, -0.25) is 4.79 Å². The number of rotatable bonds is 12. The largest absolute Gasteiger partial charge is 0.494 e. The Morgan fingerprint density at radius 1 is 1.10 bits per heavy atom. The topological polar surface area (TPSA) is 87.6 Å². The SMILES string of the molecule is C=CCn1cc(-c2ccnc(Nc3cc(NC(=O)C=C)c(N(C)CCN(C)C)cc3OC)n2)c2ccccc21. The Balaban J connectivity index is 1.72. The number of carbonyl (C=O) groups is 1. The predicted molar refractivity (Wildman–Crippen MR) is 160 cm³/mol. The van der Waals surface area contributed by atoms with Crippen LogP contribution in [0.3, 0.4) is 0 Å². The number of methoxy groups -OCH3 is 1. The van der Waals surface area contributed by atoms with Crippen molar-refractivity contribution in [2.24, 2.45) is 0 Å². The number of fused-ring (bicyclic) bond motifs is 1. The molecule has 39 heavy (non-hydrogen) atoms. The van der Waals surface area contributed by atoms with Crippen LogP contribution < -0.4 is 20.3 Å². The maximum absolute atomic E-state index is 12.3. The van der Waals surface area contributed by atoms with Gasteiger partial charge < -0.3 is 29.7 Å². The maximum Gasteiger partial charge on any atom is 0.247 e. The van der Waals surface area contributed by atoms with E-state index in [-0.39, 0.29) is 5.91 Å². The number of ether oxygens (including phenoxy) is 1. The van der Waals surface area contributed by atoms with E-state index in [1.807, 2.05) is 57.6 Å². The third-order valence-corrected chi connectivity index (χ3v) is 6.35. The van der Waals surface area contributed by atoms with Crippen molar-refractivity contribution < 1.29 is 9.53 Å². The highest BCUT2D eigenvalue weighted by Crippen LogP contribution is 2.38. The summed E-state index contributed by atoms with van der Waals surface area (Å²) in [6, 6.07) is 13.8. The summed E-state index contributed by atoms with van der Waals surface area (Å²) < 4.78 is 7.87. The highest BCUT2D eigenvalue weighted by Gasteiger charge is 2.17. The first-order valence-electron chi connectivity index (χ1n) is 12.6. The molecule has 4 rings (SSSR count). The van der Waals surface area contributed by atoms with E-state index in [2.05, 4.69) is 61.5 Å². The molecule has 2 aromatic heterocycles. The van der Waals surface area contributed by atoms with Crippen molar-refractivity contribution in [2.45, 2.75) is 6.54 Å². The van der Waals surface area contributed by atoms with E-state index in [0.717, 1.165) is 40.9 Å². The molecular weight excluding hydrogens is 490 g/mol. The molecule has 4 aromatic rings. The van der Waals surface area contributed by atoms with Gasteiger partial charge in [0.1, 0.15) is 5.75 Å². The monoisotopic (exact) mass is 525 g/mol. The molecule has 0 aliphatic rings. The average molecular weight is 526 g/mol. The van der Waals surface area contributed by atoms with E-state index >= 15 is 0 Å². The zero-order chi connectivity index (χ0) is 27.9. The van der Waals surface area contributed by atoms with E-state index in [9.17, 15) is 4.79 Å². The zero-order valence-corrected chi connectivity index (χ0v) is 22.9. The van der Waals surface area contributed by atoms with Gasteiger partial charge in [0.05, 0.1) is 29.9 Å². The van der Waals surface area contributed by atoms with Gasteiger partial charge in [-0.15, -0.1) is 6.58 Å². The molecule has 2 aromatic carbocycles. The lowest BCUT2D eigenvalue weighted by Gasteiger charge is -2.26. The van der Waals surface area contributed by atoms with Crippen molar-refractivity contribution in [3.8, 4) is 17.0 Å². The standard InChI is InChI=1S/C30H35N7O2/c1-7-15-37-20-22(21-11-9-10-12-26(21)37)23-13-14-31-30(33-23)34-25-18-24(32-29(38)8-2)27(19-28(25)39-6)36(5)17-16-35(3)4/h7-14,18-20H,1-2,15-17H2,3-6H3,(H,32,38)(H,31,33,34). The van der Waals surface area contributed by atoms with Gasteiger partial charge in [-0.1, -0.05) is 30.9 Å². The average Bonchev–Trinajstić information content (AvgIpc) is 3.30. The Hall–Kier alpha value is -4.63. The maximum atomic E-state index is 12.3. The summed E-state index contributed by atoms with van der Waals surface area (Å²) in [5.41, 5.74) is 4.95. The van der Waals surface area contributed by atoms with Crippen LogP contribution in [0.2, 0.25) is 0 Å². The minimum absolute atomic E-state index is 0.303. The summed E-state index contributed by atoms with van der Waals surface area (Å²) in [6.45, 7) is 9.77. The summed E-state index contributed by atoms with van der Waals surface area (Å²) in [7, 11) is 7.63. The molecule has 0 atom stereocenters. The first-order chi connectivity index (χ1) is 18.8. The van der Waals surface area contributed by atoms with E-state index < -0.39 is 0 Å². The van der Waals surface area contributed by atoms with E-state index in [1.165, 1.54) is 6.08 Å². The molecule has 0 fully saturated rings.